The summed E-state index contributed by atoms with van der Waals surface area (Å²) in [5.41, 5.74) is -0.737. The Balaban J connectivity index is 1.53. The fourth-order valence-corrected chi connectivity index (χ4v) is 4.73. The van der Waals surface area contributed by atoms with Crippen LogP contribution in [0.2, 0.25) is 0 Å². The average molecular weight is 460 g/mol. The maximum atomic E-state index is 12.9. The number of ether oxygens (including phenoxy) is 1. The van der Waals surface area contributed by atoms with Crippen molar-refractivity contribution in [1.29, 1.82) is 0 Å². The molecule has 0 radical (unpaired) electrons. The molecule has 2 aromatic carbocycles. The first-order valence-electron chi connectivity index (χ1n) is 10.0. The molecule has 3 rings (SSSR count). The molecule has 1 saturated heterocycles. The van der Waals surface area contributed by atoms with E-state index in [1.807, 2.05) is 0 Å². The first-order valence-corrected chi connectivity index (χ1v) is 11.7. The lowest BCUT2D eigenvalue weighted by Gasteiger charge is -2.22. The number of urea groups is 1. The van der Waals surface area contributed by atoms with Gasteiger partial charge in [0, 0.05) is 6.54 Å². The van der Waals surface area contributed by atoms with Gasteiger partial charge in [-0.05, 0) is 43.2 Å². The monoisotopic (exact) mass is 459 g/mol. The minimum atomic E-state index is -3.44. The van der Waals surface area contributed by atoms with Gasteiger partial charge < -0.3 is 15.4 Å². The second-order valence-corrected chi connectivity index (χ2v) is 9.62. The molecule has 1 fully saturated rings. The van der Waals surface area contributed by atoms with Gasteiger partial charge in [-0.3, -0.25) is 14.5 Å². The average Bonchev–Trinajstić information content (AvgIpc) is 3.01. The Labute approximate surface area is 186 Å². The zero-order chi connectivity index (χ0) is 23.4. The van der Waals surface area contributed by atoms with E-state index in [0.717, 1.165) is 4.90 Å². The number of methoxy groups -OCH3 is 1. The molecule has 2 N–H and O–H groups in total. The van der Waals surface area contributed by atoms with Crippen LogP contribution in [0.25, 0.3) is 0 Å². The second-order valence-electron chi connectivity index (χ2n) is 7.51. The van der Waals surface area contributed by atoms with Crippen molar-refractivity contribution in [2.24, 2.45) is 0 Å². The first kappa shape index (κ1) is 23.3. The van der Waals surface area contributed by atoms with Crippen molar-refractivity contribution in [3.63, 3.8) is 0 Å². The van der Waals surface area contributed by atoms with Gasteiger partial charge in [0.25, 0.3) is 5.91 Å². The predicted octanol–water partition coefficient (Wildman–Crippen LogP) is 1.44. The lowest BCUT2D eigenvalue weighted by Crippen LogP contribution is -2.43. The summed E-state index contributed by atoms with van der Waals surface area (Å²) >= 11 is 0. The summed E-state index contributed by atoms with van der Waals surface area (Å²) < 4.78 is 29.6. The fraction of sp³-hybridized carbons (Fsp3) is 0.318. The molecule has 9 nitrogen and oxygen atoms in total. The van der Waals surface area contributed by atoms with Crippen molar-refractivity contribution in [2.75, 3.05) is 26.0 Å². The van der Waals surface area contributed by atoms with Crippen LogP contribution in [0.5, 0.6) is 5.75 Å². The molecule has 0 aliphatic carbocycles. The Hall–Kier alpha value is -3.40. The number of nitrogens with one attached hydrogen (secondary N) is 2. The van der Waals surface area contributed by atoms with E-state index >= 15 is 0 Å². The van der Waals surface area contributed by atoms with Gasteiger partial charge in [-0.15, -0.1) is 0 Å². The molecule has 1 atom stereocenters. The van der Waals surface area contributed by atoms with E-state index in [4.69, 9.17) is 4.74 Å². The highest BCUT2D eigenvalue weighted by molar-refractivity contribution is 7.91. The van der Waals surface area contributed by atoms with E-state index in [9.17, 15) is 22.8 Å². The van der Waals surface area contributed by atoms with Gasteiger partial charge in [-0.25, -0.2) is 13.2 Å². The highest BCUT2D eigenvalue weighted by atomic mass is 32.2. The van der Waals surface area contributed by atoms with Gasteiger partial charge in [-0.2, -0.15) is 0 Å². The fourth-order valence-electron chi connectivity index (χ4n) is 3.40. The van der Waals surface area contributed by atoms with E-state index in [2.05, 4.69) is 10.6 Å². The zero-order valence-corrected chi connectivity index (χ0v) is 18.6. The second kappa shape index (κ2) is 9.39. The molecule has 0 saturated carbocycles. The maximum Gasteiger partial charge on any atom is 0.325 e. The Kier molecular flexibility index (Phi) is 6.83. The van der Waals surface area contributed by atoms with Gasteiger partial charge in [0.15, 0.2) is 9.84 Å². The highest BCUT2D eigenvalue weighted by Gasteiger charge is 2.49. The molecule has 1 aliphatic rings. The van der Waals surface area contributed by atoms with Crippen molar-refractivity contribution in [3.05, 3.63) is 60.2 Å². The summed E-state index contributed by atoms with van der Waals surface area (Å²) in [6.07, 6.45) is 0.201. The molecule has 0 bridgehead atoms. The summed E-state index contributed by atoms with van der Waals surface area (Å²) in [4.78, 5) is 38.6. The standard InChI is InChI=1S/C22H25N3O6S/c1-22(16-9-11-17(31-2)12-10-16)20(27)25(21(28)24-22)15-19(26)23-13-6-14-32(29,30)18-7-4-3-5-8-18/h3-5,7-12H,6,13-15H2,1-2H3,(H,23,26)(H,24,28). The van der Waals surface area contributed by atoms with Crippen LogP contribution in [0.15, 0.2) is 59.5 Å². The molecule has 0 spiro atoms. The number of benzene rings is 2. The maximum absolute atomic E-state index is 12.9. The third kappa shape index (κ3) is 4.91. The molecule has 0 aromatic heterocycles. The minimum absolute atomic E-state index is 0.101. The third-order valence-electron chi connectivity index (χ3n) is 5.26. The molecule has 1 heterocycles. The van der Waals surface area contributed by atoms with E-state index in [-0.39, 0.29) is 23.6 Å². The molecule has 4 amide bonds. The van der Waals surface area contributed by atoms with Gasteiger partial charge in [0.2, 0.25) is 5.91 Å². The minimum Gasteiger partial charge on any atom is -0.497 e. The molecular formula is C22H25N3O6S. The molecule has 170 valence electrons. The van der Waals surface area contributed by atoms with Crippen LogP contribution in [0.4, 0.5) is 4.79 Å². The number of imide groups is 1. The first-order chi connectivity index (χ1) is 15.2. The van der Waals surface area contributed by atoms with Crippen LogP contribution in [0, 0.1) is 0 Å². The SMILES string of the molecule is COc1ccc(C2(C)NC(=O)N(CC(=O)NCCCS(=O)(=O)c3ccccc3)C2=O)cc1. The molecule has 1 aliphatic heterocycles. The van der Waals surface area contributed by atoms with Gasteiger partial charge in [0.05, 0.1) is 17.8 Å². The van der Waals surface area contributed by atoms with E-state index in [1.165, 1.54) is 19.2 Å². The Bertz CT molecular complexity index is 1100. The Morgan fingerprint density at radius 1 is 1.09 bits per heavy atom. The van der Waals surface area contributed by atoms with Crippen molar-refractivity contribution in [3.8, 4) is 5.75 Å². The van der Waals surface area contributed by atoms with Gasteiger partial charge in [0.1, 0.15) is 17.8 Å². The molecule has 10 heteroatoms. The lowest BCUT2D eigenvalue weighted by atomic mass is 9.92. The topological polar surface area (TPSA) is 122 Å². The summed E-state index contributed by atoms with van der Waals surface area (Å²) in [6, 6.07) is 14.1. The zero-order valence-electron chi connectivity index (χ0n) is 17.8. The largest absolute Gasteiger partial charge is 0.497 e. The number of amides is 4. The Morgan fingerprint density at radius 2 is 1.75 bits per heavy atom. The summed E-state index contributed by atoms with van der Waals surface area (Å²) in [5.74, 6) is -0.616. The number of carbonyl (C=O) groups is 3. The van der Waals surface area contributed by atoms with Crippen LogP contribution in [0.1, 0.15) is 18.9 Å². The summed E-state index contributed by atoms with van der Waals surface area (Å²) in [6.45, 7) is 1.22. The van der Waals surface area contributed by atoms with Crippen LogP contribution in [-0.2, 0) is 25.0 Å². The van der Waals surface area contributed by atoms with E-state index in [0.29, 0.717) is 11.3 Å². The highest BCUT2D eigenvalue weighted by Crippen LogP contribution is 2.29. The number of carbonyl (C=O) groups excluding carboxylic acids is 3. The van der Waals surface area contributed by atoms with Crippen LogP contribution in [-0.4, -0.2) is 57.1 Å². The lowest BCUT2D eigenvalue weighted by molar-refractivity contribution is -0.134. The normalized spacial score (nSPS) is 18.4. The van der Waals surface area contributed by atoms with Crippen LogP contribution >= 0.6 is 0 Å². The molecule has 32 heavy (non-hydrogen) atoms. The third-order valence-corrected chi connectivity index (χ3v) is 7.07. The van der Waals surface area contributed by atoms with Crippen molar-refractivity contribution >= 4 is 27.7 Å². The Morgan fingerprint density at radius 3 is 2.38 bits per heavy atom. The number of hydrogen-bond acceptors (Lipinski definition) is 6. The predicted molar refractivity (Wildman–Crippen MR) is 117 cm³/mol. The van der Waals surface area contributed by atoms with Crippen molar-refractivity contribution in [1.82, 2.24) is 15.5 Å². The van der Waals surface area contributed by atoms with Gasteiger partial charge >= 0.3 is 6.03 Å². The van der Waals surface area contributed by atoms with Crippen LogP contribution < -0.4 is 15.4 Å². The number of hydrogen-bond donors (Lipinski definition) is 2. The number of nitrogens with zero attached hydrogens (tertiary/aromatic N) is 1. The summed E-state index contributed by atoms with van der Waals surface area (Å²) in [5, 5.41) is 5.20. The molecule has 1 unspecified atom stereocenters. The summed E-state index contributed by atoms with van der Waals surface area (Å²) in [7, 11) is -1.91. The molecular weight excluding hydrogens is 434 g/mol. The quantitative estimate of drug-likeness (QED) is 0.432. The molecule has 2 aromatic rings. The number of sulfone groups is 1. The van der Waals surface area contributed by atoms with E-state index < -0.39 is 39.8 Å². The number of rotatable bonds is 9. The smallest absolute Gasteiger partial charge is 0.325 e. The van der Waals surface area contributed by atoms with Crippen LogP contribution in [0.3, 0.4) is 0 Å². The van der Waals surface area contributed by atoms with Gasteiger partial charge in [-0.1, -0.05) is 30.3 Å². The van der Waals surface area contributed by atoms with Crippen molar-refractivity contribution < 1.29 is 27.5 Å². The van der Waals surface area contributed by atoms with E-state index in [1.54, 1.807) is 49.4 Å². The van der Waals surface area contributed by atoms with Crippen molar-refractivity contribution in [2.45, 2.75) is 23.8 Å².